The third kappa shape index (κ3) is 5.03. The molecule has 5 heteroatoms. The number of carbonyl (C=O) groups is 1. The number of nitrogens with one attached hydrogen (secondary N) is 1. The number of amides is 1. The van der Waals surface area contributed by atoms with Crippen LogP contribution in [-0.2, 0) is 11.2 Å². The van der Waals surface area contributed by atoms with Crippen LogP contribution < -0.4 is 5.32 Å². The number of pyridine rings is 1. The third-order valence-corrected chi connectivity index (χ3v) is 5.15. The lowest BCUT2D eigenvalue weighted by molar-refractivity contribution is -0.121. The zero-order valence-corrected chi connectivity index (χ0v) is 15.2. The largest absolute Gasteiger partial charge is 0.309 e. The molecule has 1 N–H and O–H groups in total. The smallest absolute Gasteiger partial charge is 0.242 e. The lowest BCUT2D eigenvalue weighted by Crippen LogP contribution is -2.46. The highest BCUT2D eigenvalue weighted by Crippen LogP contribution is 2.23. The number of piperidine rings is 1. The van der Waals surface area contributed by atoms with Crippen molar-refractivity contribution in [2.45, 2.75) is 32.2 Å². The van der Waals surface area contributed by atoms with Gasteiger partial charge in [-0.2, -0.15) is 0 Å². The zero-order chi connectivity index (χ0) is 17.6. The molecule has 2 aromatic rings. The van der Waals surface area contributed by atoms with Crippen molar-refractivity contribution < 1.29 is 4.79 Å². The second-order valence-electron chi connectivity index (χ2n) is 6.70. The van der Waals surface area contributed by atoms with Gasteiger partial charge in [-0.1, -0.05) is 41.9 Å². The van der Waals surface area contributed by atoms with Gasteiger partial charge >= 0.3 is 0 Å². The van der Waals surface area contributed by atoms with Crippen molar-refractivity contribution in [2.24, 2.45) is 5.92 Å². The first-order valence-corrected chi connectivity index (χ1v) is 9.20. The SMILES string of the molecule is CC(C(=O)Nc1ccc(Cl)cn1)N1CCC(Cc2ccccc2)CC1. The Morgan fingerprint density at radius 1 is 1.24 bits per heavy atom. The fourth-order valence-corrected chi connectivity index (χ4v) is 3.45. The number of hydrogen-bond acceptors (Lipinski definition) is 3. The van der Waals surface area contributed by atoms with Crippen molar-refractivity contribution in [3.63, 3.8) is 0 Å². The molecule has 0 bridgehead atoms. The van der Waals surface area contributed by atoms with Crippen LogP contribution in [0.5, 0.6) is 0 Å². The van der Waals surface area contributed by atoms with Crippen LogP contribution in [0.25, 0.3) is 0 Å². The van der Waals surface area contributed by atoms with Crippen LogP contribution in [-0.4, -0.2) is 34.9 Å². The summed E-state index contributed by atoms with van der Waals surface area (Å²) in [5.74, 6) is 1.23. The van der Waals surface area contributed by atoms with Gasteiger partial charge in [0, 0.05) is 6.20 Å². The number of carbonyl (C=O) groups excluding carboxylic acids is 1. The highest BCUT2D eigenvalue weighted by molar-refractivity contribution is 6.30. The Hall–Kier alpha value is -1.91. The first-order valence-electron chi connectivity index (χ1n) is 8.82. The van der Waals surface area contributed by atoms with Gasteiger partial charge < -0.3 is 5.32 Å². The minimum absolute atomic E-state index is 0.0173. The average Bonchev–Trinajstić information content (AvgIpc) is 2.64. The standard InChI is InChI=1S/C20H24ClN3O/c1-15(20(25)23-19-8-7-18(21)14-22-19)24-11-9-17(10-12-24)13-16-5-3-2-4-6-16/h2-8,14-15,17H,9-13H2,1H3,(H,22,23,25). The van der Waals surface area contributed by atoms with E-state index in [2.05, 4.69) is 45.5 Å². The molecule has 1 saturated heterocycles. The van der Waals surface area contributed by atoms with Crippen LogP contribution >= 0.6 is 11.6 Å². The Labute approximate surface area is 154 Å². The molecule has 25 heavy (non-hydrogen) atoms. The summed E-state index contributed by atoms with van der Waals surface area (Å²) >= 11 is 5.82. The van der Waals surface area contributed by atoms with Gasteiger partial charge in [0.05, 0.1) is 11.1 Å². The summed E-state index contributed by atoms with van der Waals surface area (Å²) in [6, 6.07) is 13.9. The maximum absolute atomic E-state index is 12.4. The van der Waals surface area contributed by atoms with E-state index >= 15 is 0 Å². The van der Waals surface area contributed by atoms with Crippen LogP contribution in [0.2, 0.25) is 5.02 Å². The summed E-state index contributed by atoms with van der Waals surface area (Å²) in [5, 5.41) is 3.43. The summed E-state index contributed by atoms with van der Waals surface area (Å²) in [4.78, 5) is 18.8. The van der Waals surface area contributed by atoms with Crippen molar-refractivity contribution in [3.8, 4) is 0 Å². The highest BCUT2D eigenvalue weighted by atomic mass is 35.5. The number of hydrogen-bond donors (Lipinski definition) is 1. The van der Waals surface area contributed by atoms with E-state index in [0.29, 0.717) is 16.8 Å². The molecule has 2 heterocycles. The first-order chi connectivity index (χ1) is 12.1. The number of rotatable bonds is 5. The van der Waals surface area contributed by atoms with E-state index in [1.165, 1.54) is 11.8 Å². The van der Waals surface area contributed by atoms with Crippen LogP contribution in [0.15, 0.2) is 48.7 Å². The third-order valence-electron chi connectivity index (χ3n) is 4.92. The number of anilines is 1. The van der Waals surface area contributed by atoms with Crippen molar-refractivity contribution in [1.82, 2.24) is 9.88 Å². The highest BCUT2D eigenvalue weighted by Gasteiger charge is 2.26. The lowest BCUT2D eigenvalue weighted by Gasteiger charge is -2.35. The Bertz CT molecular complexity index is 682. The second-order valence-corrected chi connectivity index (χ2v) is 7.13. The summed E-state index contributed by atoms with van der Waals surface area (Å²) in [6.07, 6.45) is 4.93. The monoisotopic (exact) mass is 357 g/mol. The topological polar surface area (TPSA) is 45.2 Å². The van der Waals surface area contributed by atoms with Gasteiger partial charge in [0.15, 0.2) is 0 Å². The number of benzene rings is 1. The van der Waals surface area contributed by atoms with Crippen molar-refractivity contribution >= 4 is 23.3 Å². The average molecular weight is 358 g/mol. The van der Waals surface area contributed by atoms with Gasteiger partial charge in [-0.15, -0.1) is 0 Å². The van der Waals surface area contributed by atoms with E-state index in [1.807, 2.05) is 6.92 Å². The molecule has 4 nitrogen and oxygen atoms in total. The van der Waals surface area contributed by atoms with E-state index in [0.717, 1.165) is 32.4 Å². The summed E-state index contributed by atoms with van der Waals surface area (Å²) in [6.45, 7) is 3.88. The lowest BCUT2D eigenvalue weighted by atomic mass is 9.89. The number of aromatic nitrogens is 1. The van der Waals surface area contributed by atoms with Crippen LogP contribution in [0, 0.1) is 5.92 Å². The summed E-state index contributed by atoms with van der Waals surface area (Å²) in [7, 11) is 0. The predicted molar refractivity (Wildman–Crippen MR) is 102 cm³/mol. The molecule has 1 aromatic carbocycles. The molecule has 0 radical (unpaired) electrons. The van der Waals surface area contributed by atoms with Gasteiger partial charge in [0.1, 0.15) is 5.82 Å². The molecule has 1 amide bonds. The van der Waals surface area contributed by atoms with E-state index in [-0.39, 0.29) is 11.9 Å². The molecule has 1 unspecified atom stereocenters. The van der Waals surface area contributed by atoms with E-state index in [9.17, 15) is 4.79 Å². The molecule has 0 spiro atoms. The van der Waals surface area contributed by atoms with Gasteiger partial charge in [-0.3, -0.25) is 9.69 Å². The maximum Gasteiger partial charge on any atom is 0.242 e. The van der Waals surface area contributed by atoms with Crippen molar-refractivity contribution in [2.75, 3.05) is 18.4 Å². The molecule has 0 saturated carbocycles. The van der Waals surface area contributed by atoms with E-state index in [1.54, 1.807) is 12.1 Å². The molecule has 1 aliphatic rings. The number of likely N-dealkylation sites (tertiary alicyclic amines) is 1. The van der Waals surface area contributed by atoms with Gasteiger partial charge in [-0.25, -0.2) is 4.98 Å². The Kier molecular flexibility index (Phi) is 6.05. The van der Waals surface area contributed by atoms with Crippen LogP contribution in [0.1, 0.15) is 25.3 Å². The Morgan fingerprint density at radius 3 is 2.60 bits per heavy atom. The maximum atomic E-state index is 12.4. The minimum atomic E-state index is -0.157. The minimum Gasteiger partial charge on any atom is -0.309 e. The molecule has 1 atom stereocenters. The van der Waals surface area contributed by atoms with Crippen molar-refractivity contribution in [3.05, 3.63) is 59.2 Å². The number of nitrogens with zero attached hydrogens (tertiary/aromatic N) is 2. The van der Waals surface area contributed by atoms with E-state index in [4.69, 9.17) is 11.6 Å². The first kappa shape index (κ1) is 17.9. The van der Waals surface area contributed by atoms with Crippen LogP contribution in [0.3, 0.4) is 0 Å². The molecule has 3 rings (SSSR count). The summed E-state index contributed by atoms with van der Waals surface area (Å²) in [5.41, 5.74) is 1.40. The molecule has 1 fully saturated rings. The Morgan fingerprint density at radius 2 is 1.96 bits per heavy atom. The van der Waals surface area contributed by atoms with Crippen molar-refractivity contribution in [1.29, 1.82) is 0 Å². The van der Waals surface area contributed by atoms with Gasteiger partial charge in [-0.05, 0) is 62.9 Å². The van der Waals surface area contributed by atoms with Gasteiger partial charge in [0.2, 0.25) is 5.91 Å². The second kappa shape index (κ2) is 8.45. The fourth-order valence-electron chi connectivity index (χ4n) is 3.34. The van der Waals surface area contributed by atoms with Gasteiger partial charge in [0.25, 0.3) is 0 Å². The number of halogens is 1. The molecular formula is C20H24ClN3O. The Balaban J connectivity index is 1.48. The fraction of sp³-hybridized carbons (Fsp3) is 0.400. The molecule has 132 valence electrons. The van der Waals surface area contributed by atoms with Crippen LogP contribution in [0.4, 0.5) is 5.82 Å². The molecular weight excluding hydrogens is 334 g/mol. The predicted octanol–water partition coefficient (Wildman–Crippen LogP) is 4.02. The normalized spacial score (nSPS) is 17.2. The van der Waals surface area contributed by atoms with E-state index < -0.39 is 0 Å². The quantitative estimate of drug-likeness (QED) is 0.879. The molecule has 1 aliphatic heterocycles. The molecule has 1 aromatic heterocycles. The zero-order valence-electron chi connectivity index (χ0n) is 14.5. The summed E-state index contributed by atoms with van der Waals surface area (Å²) < 4.78 is 0. The molecule has 0 aliphatic carbocycles.